The lowest BCUT2D eigenvalue weighted by Crippen LogP contribution is -2.59. The number of aliphatic carboxylic acids is 1. The molecule has 2 bridgehead atoms. The first kappa shape index (κ1) is 17.5. The largest absolute Gasteiger partial charge is 0.481 e. The number of aliphatic hydroxyl groups is 1. The molecule has 0 radical (unpaired) electrons. The van der Waals surface area contributed by atoms with Crippen LogP contribution in [0.25, 0.3) is 0 Å². The molecular formula is C17H16F3N5O3. The molecule has 1 aromatic rings. The number of rotatable bonds is 4. The van der Waals surface area contributed by atoms with Gasteiger partial charge in [0, 0.05) is 24.5 Å². The lowest BCUT2D eigenvalue weighted by Gasteiger charge is -2.44. The van der Waals surface area contributed by atoms with Crippen molar-refractivity contribution >= 4 is 17.7 Å². The Balaban J connectivity index is 1.55. The Bertz CT molecular complexity index is 941. The Labute approximate surface area is 157 Å². The molecule has 2 saturated carbocycles. The normalized spacial score (nSPS) is 37.2. The summed E-state index contributed by atoms with van der Waals surface area (Å²) in [6.45, 7) is 2.15. The van der Waals surface area contributed by atoms with Crippen LogP contribution in [0.15, 0.2) is 0 Å². The third-order valence-electron chi connectivity index (χ3n) is 6.82. The number of hydrogen-bond donors (Lipinski definition) is 2. The molecule has 148 valence electrons. The predicted octanol–water partition coefficient (Wildman–Crippen LogP) is 0.846. The first-order valence-corrected chi connectivity index (χ1v) is 8.93. The van der Waals surface area contributed by atoms with Gasteiger partial charge in [-0.1, -0.05) is 0 Å². The summed E-state index contributed by atoms with van der Waals surface area (Å²) in [4.78, 5) is 22.2. The van der Waals surface area contributed by atoms with E-state index in [4.69, 9.17) is 5.11 Å². The lowest BCUT2D eigenvalue weighted by molar-refractivity contribution is -0.141. The Morgan fingerprint density at radius 2 is 2.07 bits per heavy atom. The second-order valence-corrected chi connectivity index (χ2v) is 8.05. The molecule has 8 nitrogen and oxygen atoms in total. The van der Waals surface area contributed by atoms with Crippen LogP contribution < -0.4 is 9.80 Å². The number of aromatic nitrogens is 2. The summed E-state index contributed by atoms with van der Waals surface area (Å²) in [5.74, 6) is -0.861. The van der Waals surface area contributed by atoms with Crippen molar-refractivity contribution < 1.29 is 28.2 Å². The summed E-state index contributed by atoms with van der Waals surface area (Å²) in [5, 5.41) is 28.2. The van der Waals surface area contributed by atoms with Gasteiger partial charge in [0.2, 0.25) is 5.95 Å². The maximum absolute atomic E-state index is 13.6. The standard InChI is InChI=1S/C17H16F3N5O3/c1-6-9(26)5-24(6)14-7(3-21)12(17(18,19)20)22-15(23-14)25-4-8-11-13(25)16(8,11)2-10(27)28/h6,8-9,11,13,26H,2,4-5H2,1H3,(H,27,28)/t6-,8?,9+,11-,13?,16+/m0/s1. The zero-order chi connectivity index (χ0) is 20.2. The Hall–Kier alpha value is -2.61. The van der Waals surface area contributed by atoms with Gasteiger partial charge in [-0.15, -0.1) is 0 Å². The number of carboxylic acid groups (broad SMARTS) is 1. The van der Waals surface area contributed by atoms with Crippen LogP contribution in [-0.4, -0.2) is 57.4 Å². The van der Waals surface area contributed by atoms with E-state index in [9.17, 15) is 28.3 Å². The van der Waals surface area contributed by atoms with E-state index < -0.39 is 35.5 Å². The second kappa shape index (κ2) is 5.05. The quantitative estimate of drug-likeness (QED) is 0.771. The smallest absolute Gasteiger partial charge is 0.434 e. The van der Waals surface area contributed by atoms with Crippen molar-refractivity contribution in [3.8, 4) is 6.07 Å². The minimum Gasteiger partial charge on any atom is -0.481 e. The van der Waals surface area contributed by atoms with E-state index in [0.717, 1.165) is 0 Å². The van der Waals surface area contributed by atoms with E-state index in [0.29, 0.717) is 6.54 Å². The van der Waals surface area contributed by atoms with Crippen molar-refractivity contribution in [1.82, 2.24) is 9.97 Å². The number of aliphatic hydroxyl groups excluding tert-OH is 1. The molecule has 3 saturated heterocycles. The molecule has 6 rings (SSSR count). The first-order chi connectivity index (χ1) is 13.1. The summed E-state index contributed by atoms with van der Waals surface area (Å²) in [7, 11) is 0. The molecule has 4 heterocycles. The molecule has 0 amide bonds. The fourth-order valence-corrected chi connectivity index (χ4v) is 5.23. The number of β-amino-alcohol motifs (C(OH)–C–C–N with tert-alkyl or cyclic N) is 1. The van der Waals surface area contributed by atoms with Crippen LogP contribution in [0.2, 0.25) is 0 Å². The van der Waals surface area contributed by atoms with E-state index >= 15 is 0 Å². The van der Waals surface area contributed by atoms with Crippen LogP contribution in [0.1, 0.15) is 24.6 Å². The third kappa shape index (κ3) is 2.01. The van der Waals surface area contributed by atoms with Gasteiger partial charge in [0.05, 0.1) is 18.6 Å². The van der Waals surface area contributed by atoms with Crippen LogP contribution in [0.3, 0.4) is 0 Å². The summed E-state index contributed by atoms with van der Waals surface area (Å²) >= 11 is 0. The minimum absolute atomic E-state index is 0.00584. The van der Waals surface area contributed by atoms with Gasteiger partial charge in [-0.05, 0) is 18.8 Å². The van der Waals surface area contributed by atoms with Crippen LogP contribution in [0.5, 0.6) is 0 Å². The van der Waals surface area contributed by atoms with Gasteiger partial charge >= 0.3 is 12.1 Å². The molecule has 2 N–H and O–H groups in total. The van der Waals surface area contributed by atoms with Crippen molar-refractivity contribution in [3.05, 3.63) is 11.3 Å². The number of carboxylic acids is 1. The number of halogens is 3. The summed E-state index contributed by atoms with van der Waals surface area (Å²) in [6, 6.07) is 0.946. The zero-order valence-electron chi connectivity index (χ0n) is 14.7. The summed E-state index contributed by atoms with van der Waals surface area (Å²) < 4.78 is 40.8. The maximum Gasteiger partial charge on any atom is 0.434 e. The molecule has 11 heteroatoms. The van der Waals surface area contributed by atoms with Crippen LogP contribution in [0, 0.1) is 28.6 Å². The molecule has 2 unspecified atom stereocenters. The number of nitrogens with zero attached hydrogens (tertiary/aromatic N) is 5. The number of alkyl halides is 3. The van der Waals surface area contributed by atoms with Crippen LogP contribution >= 0.6 is 0 Å². The number of piperidine rings is 1. The highest BCUT2D eigenvalue weighted by atomic mass is 19.4. The molecule has 0 aromatic carbocycles. The number of anilines is 2. The van der Waals surface area contributed by atoms with E-state index in [-0.39, 0.29) is 48.0 Å². The van der Waals surface area contributed by atoms with Gasteiger partial charge in [-0.2, -0.15) is 23.4 Å². The van der Waals surface area contributed by atoms with Crippen molar-refractivity contribution in [1.29, 1.82) is 5.26 Å². The van der Waals surface area contributed by atoms with Gasteiger partial charge in [-0.3, -0.25) is 4.79 Å². The second-order valence-electron chi connectivity index (χ2n) is 8.05. The molecule has 1 aromatic heterocycles. The van der Waals surface area contributed by atoms with E-state index in [2.05, 4.69) is 9.97 Å². The topological polar surface area (TPSA) is 114 Å². The fourth-order valence-electron chi connectivity index (χ4n) is 5.23. The van der Waals surface area contributed by atoms with E-state index in [1.165, 1.54) is 4.90 Å². The van der Waals surface area contributed by atoms with Crippen molar-refractivity contribution in [3.63, 3.8) is 0 Å². The highest BCUT2D eigenvalue weighted by Crippen LogP contribution is 2.87. The molecule has 28 heavy (non-hydrogen) atoms. The average molecular weight is 395 g/mol. The molecule has 5 aliphatic rings. The van der Waals surface area contributed by atoms with Crippen molar-refractivity contribution in [2.45, 2.75) is 37.7 Å². The van der Waals surface area contributed by atoms with Crippen LogP contribution in [0.4, 0.5) is 24.9 Å². The molecule has 6 atom stereocenters. The lowest BCUT2D eigenvalue weighted by atomic mass is 10.00. The zero-order valence-corrected chi connectivity index (χ0v) is 14.7. The first-order valence-electron chi connectivity index (χ1n) is 8.93. The molecule has 0 spiro atoms. The Kier molecular flexibility index (Phi) is 3.16. The highest BCUT2D eigenvalue weighted by molar-refractivity contribution is 5.74. The van der Waals surface area contributed by atoms with E-state index in [1.54, 1.807) is 17.9 Å². The number of nitriles is 1. The number of carbonyl (C=O) groups is 1. The highest BCUT2D eigenvalue weighted by Gasteiger charge is 2.92. The van der Waals surface area contributed by atoms with Gasteiger partial charge in [-0.25, -0.2) is 4.98 Å². The molecule has 5 fully saturated rings. The monoisotopic (exact) mass is 395 g/mol. The number of hydrogen-bond acceptors (Lipinski definition) is 7. The molecule has 3 aliphatic heterocycles. The van der Waals surface area contributed by atoms with Gasteiger partial charge < -0.3 is 20.0 Å². The number of fused-ring (bicyclic) bond motifs is 1. The SMILES string of the molecule is C[C@H]1[C@H](O)CN1c1nc(N2CC3[C@H]4C2[C@]34CC(=O)O)nc(C(F)(F)F)c1C#N. The van der Waals surface area contributed by atoms with Crippen molar-refractivity contribution in [2.24, 2.45) is 17.3 Å². The fraction of sp³-hybridized carbons (Fsp3) is 0.647. The van der Waals surface area contributed by atoms with Gasteiger partial charge in [0.1, 0.15) is 11.6 Å². The van der Waals surface area contributed by atoms with E-state index in [1.807, 2.05) is 0 Å². The van der Waals surface area contributed by atoms with Crippen molar-refractivity contribution in [2.75, 3.05) is 22.9 Å². The molecular weight excluding hydrogens is 379 g/mol. The predicted molar refractivity (Wildman–Crippen MR) is 87.4 cm³/mol. The maximum atomic E-state index is 13.6. The molecule has 2 aliphatic carbocycles. The minimum atomic E-state index is -4.83. The Morgan fingerprint density at radius 3 is 2.57 bits per heavy atom. The van der Waals surface area contributed by atoms with Crippen LogP contribution in [-0.2, 0) is 11.0 Å². The third-order valence-corrected chi connectivity index (χ3v) is 6.82. The van der Waals surface area contributed by atoms with Gasteiger partial charge in [0.25, 0.3) is 0 Å². The summed E-state index contributed by atoms with van der Waals surface area (Å²) in [6.07, 6.45) is -5.55. The summed E-state index contributed by atoms with van der Waals surface area (Å²) in [5.41, 5.74) is -2.31. The average Bonchev–Trinajstić information content (AvgIpc) is 3.28. The van der Waals surface area contributed by atoms with Gasteiger partial charge in [0.15, 0.2) is 11.5 Å². The Morgan fingerprint density at radius 1 is 1.36 bits per heavy atom.